The summed E-state index contributed by atoms with van der Waals surface area (Å²) in [6, 6.07) is 7.08. The van der Waals surface area contributed by atoms with Crippen molar-refractivity contribution in [2.45, 2.75) is 19.4 Å². The summed E-state index contributed by atoms with van der Waals surface area (Å²) in [5.41, 5.74) is 0.735. The lowest BCUT2D eigenvalue weighted by atomic mass is 9.98. The number of piperidine rings is 1. The third-order valence-corrected chi connectivity index (χ3v) is 5.87. The van der Waals surface area contributed by atoms with Gasteiger partial charge in [0.2, 0.25) is 10.0 Å². The summed E-state index contributed by atoms with van der Waals surface area (Å²) >= 11 is 6.00. The smallest absolute Gasteiger partial charge is 0.309 e. The van der Waals surface area contributed by atoms with Crippen molar-refractivity contribution in [3.63, 3.8) is 0 Å². The highest BCUT2D eigenvalue weighted by Gasteiger charge is 2.25. The van der Waals surface area contributed by atoms with Crippen LogP contribution >= 0.6 is 11.6 Å². The van der Waals surface area contributed by atoms with E-state index in [0.717, 1.165) is 5.56 Å². The summed E-state index contributed by atoms with van der Waals surface area (Å²) in [6.45, 7) is 1.42. The van der Waals surface area contributed by atoms with Gasteiger partial charge in [0.15, 0.2) is 0 Å². The van der Waals surface area contributed by atoms with Gasteiger partial charge in [-0.2, -0.15) is 0 Å². The molecule has 0 spiro atoms. The number of sulfonamides is 1. The predicted octanol–water partition coefficient (Wildman–Crippen LogP) is 0.744. The molecule has 1 aliphatic rings. The van der Waals surface area contributed by atoms with E-state index in [9.17, 15) is 18.0 Å². The summed E-state index contributed by atoms with van der Waals surface area (Å²) in [5, 5.41) is 5.66. The molecule has 9 heteroatoms. The standard InChI is InChI=1S/C16H22ClN3O4S/c1-25(23,24)20-8-6-12(7-9-20)10-18-15(21)16(22)19-11-13-4-2-3-5-14(13)17/h2-5,12H,6-11H2,1H3,(H,18,21)(H,19,22). The van der Waals surface area contributed by atoms with E-state index < -0.39 is 21.8 Å². The lowest BCUT2D eigenvalue weighted by molar-refractivity contribution is -0.139. The Hall–Kier alpha value is -1.64. The number of benzene rings is 1. The van der Waals surface area contributed by atoms with Crippen molar-refractivity contribution in [3.8, 4) is 0 Å². The molecule has 7 nitrogen and oxygen atoms in total. The number of rotatable bonds is 5. The van der Waals surface area contributed by atoms with Gasteiger partial charge in [-0.05, 0) is 30.4 Å². The van der Waals surface area contributed by atoms with Gasteiger partial charge in [-0.3, -0.25) is 9.59 Å². The number of hydrogen-bond acceptors (Lipinski definition) is 4. The molecule has 2 amide bonds. The van der Waals surface area contributed by atoms with Gasteiger partial charge < -0.3 is 10.6 Å². The molecule has 138 valence electrons. The first-order chi connectivity index (χ1) is 11.8. The third kappa shape index (κ3) is 5.98. The lowest BCUT2D eigenvalue weighted by Gasteiger charge is -2.30. The van der Waals surface area contributed by atoms with Crippen LogP contribution in [-0.2, 0) is 26.2 Å². The normalized spacial score (nSPS) is 16.4. The highest BCUT2D eigenvalue weighted by atomic mass is 35.5. The predicted molar refractivity (Wildman–Crippen MR) is 95.4 cm³/mol. The van der Waals surface area contributed by atoms with Crippen LogP contribution in [0.4, 0.5) is 0 Å². The Balaban J connectivity index is 1.72. The van der Waals surface area contributed by atoms with Crippen molar-refractivity contribution < 1.29 is 18.0 Å². The van der Waals surface area contributed by atoms with Crippen molar-refractivity contribution in [1.29, 1.82) is 0 Å². The minimum atomic E-state index is -3.16. The van der Waals surface area contributed by atoms with Crippen molar-refractivity contribution in [2.75, 3.05) is 25.9 Å². The van der Waals surface area contributed by atoms with Crippen LogP contribution in [0, 0.1) is 5.92 Å². The fraction of sp³-hybridized carbons (Fsp3) is 0.500. The number of nitrogens with zero attached hydrogens (tertiary/aromatic N) is 1. The minimum Gasteiger partial charge on any atom is -0.348 e. The van der Waals surface area contributed by atoms with Gasteiger partial charge in [0.25, 0.3) is 0 Å². The number of hydrogen-bond donors (Lipinski definition) is 2. The van der Waals surface area contributed by atoms with E-state index in [0.29, 0.717) is 37.5 Å². The van der Waals surface area contributed by atoms with Gasteiger partial charge in [0.1, 0.15) is 0 Å². The SMILES string of the molecule is CS(=O)(=O)N1CCC(CNC(=O)C(=O)NCc2ccccc2Cl)CC1. The molecule has 1 heterocycles. The molecular formula is C16H22ClN3O4S. The largest absolute Gasteiger partial charge is 0.348 e. The zero-order valence-corrected chi connectivity index (χ0v) is 15.6. The summed E-state index contributed by atoms with van der Waals surface area (Å²) in [6.07, 6.45) is 2.52. The molecule has 0 bridgehead atoms. The van der Waals surface area contributed by atoms with E-state index in [1.54, 1.807) is 24.3 Å². The summed E-state index contributed by atoms with van der Waals surface area (Å²) in [5.74, 6) is -1.25. The molecule has 0 atom stereocenters. The second kappa shape index (κ2) is 8.64. The topological polar surface area (TPSA) is 95.6 Å². The third-order valence-electron chi connectivity index (χ3n) is 4.20. The van der Waals surface area contributed by atoms with Crippen molar-refractivity contribution in [2.24, 2.45) is 5.92 Å². The van der Waals surface area contributed by atoms with Gasteiger partial charge in [-0.25, -0.2) is 12.7 Å². The quantitative estimate of drug-likeness (QED) is 0.728. The summed E-state index contributed by atoms with van der Waals surface area (Å²) < 4.78 is 24.3. The van der Waals surface area contributed by atoms with Gasteiger partial charge in [0.05, 0.1) is 6.26 Å². The summed E-state index contributed by atoms with van der Waals surface area (Å²) in [4.78, 5) is 23.7. The minimum absolute atomic E-state index is 0.165. The maximum absolute atomic E-state index is 11.9. The molecule has 0 unspecified atom stereocenters. The van der Waals surface area contributed by atoms with E-state index in [1.807, 2.05) is 0 Å². The Morgan fingerprint density at radius 2 is 1.76 bits per heavy atom. The molecule has 0 radical (unpaired) electrons. The van der Waals surface area contributed by atoms with Crippen LogP contribution in [0.25, 0.3) is 0 Å². The molecule has 1 aromatic carbocycles. The fourth-order valence-electron chi connectivity index (χ4n) is 2.66. The monoisotopic (exact) mass is 387 g/mol. The first-order valence-corrected chi connectivity index (χ1v) is 10.2. The first kappa shape index (κ1) is 19.7. The molecular weight excluding hydrogens is 366 g/mol. The Bertz CT molecular complexity index is 731. The Morgan fingerprint density at radius 1 is 1.16 bits per heavy atom. The lowest BCUT2D eigenvalue weighted by Crippen LogP contribution is -2.44. The van der Waals surface area contributed by atoms with E-state index in [-0.39, 0.29) is 12.5 Å². The number of nitrogens with one attached hydrogen (secondary N) is 2. The molecule has 2 rings (SSSR count). The Morgan fingerprint density at radius 3 is 2.36 bits per heavy atom. The molecule has 1 aliphatic heterocycles. The summed E-state index contributed by atoms with van der Waals surface area (Å²) in [7, 11) is -3.16. The molecule has 0 aliphatic carbocycles. The average Bonchev–Trinajstić information content (AvgIpc) is 2.58. The van der Waals surface area contributed by atoms with Crippen LogP contribution in [0.5, 0.6) is 0 Å². The molecule has 1 saturated heterocycles. The van der Waals surface area contributed by atoms with Crippen molar-refractivity contribution >= 4 is 33.4 Å². The van der Waals surface area contributed by atoms with Gasteiger partial charge >= 0.3 is 11.8 Å². The fourth-order valence-corrected chi connectivity index (χ4v) is 3.74. The zero-order valence-electron chi connectivity index (χ0n) is 14.0. The van der Waals surface area contributed by atoms with E-state index >= 15 is 0 Å². The highest BCUT2D eigenvalue weighted by molar-refractivity contribution is 7.88. The van der Waals surface area contributed by atoms with Gasteiger partial charge in [0, 0.05) is 31.2 Å². The molecule has 25 heavy (non-hydrogen) atoms. The number of amides is 2. The van der Waals surface area contributed by atoms with E-state index in [2.05, 4.69) is 10.6 Å². The molecule has 2 N–H and O–H groups in total. The van der Waals surface area contributed by atoms with Crippen molar-refractivity contribution in [3.05, 3.63) is 34.9 Å². The zero-order chi connectivity index (χ0) is 18.4. The van der Waals surface area contributed by atoms with Gasteiger partial charge in [-0.1, -0.05) is 29.8 Å². The molecule has 0 aromatic heterocycles. The van der Waals surface area contributed by atoms with Crippen LogP contribution in [0.2, 0.25) is 5.02 Å². The maximum atomic E-state index is 11.9. The van der Waals surface area contributed by atoms with E-state index in [1.165, 1.54) is 10.6 Å². The van der Waals surface area contributed by atoms with Crippen molar-refractivity contribution in [1.82, 2.24) is 14.9 Å². The second-order valence-corrected chi connectivity index (χ2v) is 8.48. The highest BCUT2D eigenvalue weighted by Crippen LogP contribution is 2.18. The number of carbonyl (C=O) groups is 2. The Labute approximate surface area is 152 Å². The van der Waals surface area contributed by atoms with E-state index in [4.69, 9.17) is 11.6 Å². The van der Waals surface area contributed by atoms with Crippen LogP contribution in [0.1, 0.15) is 18.4 Å². The number of carbonyl (C=O) groups excluding carboxylic acids is 2. The van der Waals surface area contributed by atoms with Crippen LogP contribution in [0.3, 0.4) is 0 Å². The average molecular weight is 388 g/mol. The first-order valence-electron chi connectivity index (χ1n) is 8.02. The molecule has 1 fully saturated rings. The van der Waals surface area contributed by atoms with Gasteiger partial charge in [-0.15, -0.1) is 0 Å². The second-order valence-electron chi connectivity index (χ2n) is 6.09. The molecule has 0 saturated carbocycles. The van der Waals surface area contributed by atoms with Crippen LogP contribution in [0.15, 0.2) is 24.3 Å². The van der Waals surface area contributed by atoms with Crippen LogP contribution in [-0.4, -0.2) is 50.4 Å². The Kier molecular flexibility index (Phi) is 6.80. The van der Waals surface area contributed by atoms with Crippen LogP contribution < -0.4 is 10.6 Å². The molecule has 1 aromatic rings. The number of halogens is 1. The maximum Gasteiger partial charge on any atom is 0.309 e.